The molecule has 3 aromatic heterocycles. The minimum Gasteiger partial charge on any atom is -0.495 e. The second-order valence-corrected chi connectivity index (χ2v) is 7.47. The van der Waals surface area contributed by atoms with E-state index in [0.29, 0.717) is 39.3 Å². The van der Waals surface area contributed by atoms with E-state index in [4.69, 9.17) is 9.47 Å². The van der Waals surface area contributed by atoms with Crippen LogP contribution in [0.2, 0.25) is 0 Å². The Hall–Kier alpha value is -4.73. The third-order valence-corrected chi connectivity index (χ3v) is 5.30. The molecule has 0 bridgehead atoms. The normalized spacial score (nSPS) is 11.0. The van der Waals surface area contributed by atoms with Gasteiger partial charge in [0.2, 0.25) is 5.95 Å². The molecule has 0 atom stereocenters. The van der Waals surface area contributed by atoms with Crippen LogP contribution in [0.4, 0.5) is 17.3 Å². The van der Waals surface area contributed by atoms with E-state index in [1.807, 2.05) is 13.0 Å². The average molecular weight is 473 g/mol. The first-order valence-corrected chi connectivity index (χ1v) is 10.7. The van der Waals surface area contributed by atoms with Gasteiger partial charge >= 0.3 is 0 Å². The third kappa shape index (κ3) is 4.67. The molecule has 1 amide bonds. The number of carbonyl (C=O) groups excluding carboxylic acids is 1. The first-order valence-electron chi connectivity index (χ1n) is 10.7. The van der Waals surface area contributed by atoms with E-state index >= 15 is 0 Å². The number of nitrogens with zero attached hydrogens (tertiary/aromatic N) is 4. The number of aryl methyl sites for hydroxylation is 1. The highest BCUT2D eigenvalue weighted by atomic mass is 16.5. The summed E-state index contributed by atoms with van der Waals surface area (Å²) in [5.74, 6) is 0.618. The highest BCUT2D eigenvalue weighted by molar-refractivity contribution is 6.04. The minimum atomic E-state index is -0.297. The lowest BCUT2D eigenvalue weighted by atomic mass is 10.1. The molecule has 4 aromatic rings. The summed E-state index contributed by atoms with van der Waals surface area (Å²) in [7, 11) is 4.60. The summed E-state index contributed by atoms with van der Waals surface area (Å²) in [5.41, 5.74) is 2.95. The molecule has 1 aromatic carbocycles. The molecular weight excluding hydrogens is 448 g/mol. The van der Waals surface area contributed by atoms with Crippen molar-refractivity contribution in [1.82, 2.24) is 19.5 Å². The number of aromatic nitrogens is 4. The van der Waals surface area contributed by atoms with Gasteiger partial charge in [-0.3, -0.25) is 14.6 Å². The summed E-state index contributed by atoms with van der Waals surface area (Å²) in [6.07, 6.45) is 8.35. The molecule has 10 heteroatoms. The molecule has 0 aliphatic heterocycles. The maximum atomic E-state index is 12.7. The smallest absolute Gasteiger partial charge is 0.293 e. The number of amides is 1. The van der Waals surface area contributed by atoms with Gasteiger partial charge in [-0.2, -0.15) is 0 Å². The van der Waals surface area contributed by atoms with Crippen LogP contribution < -0.4 is 25.7 Å². The van der Waals surface area contributed by atoms with Crippen molar-refractivity contribution < 1.29 is 14.3 Å². The van der Waals surface area contributed by atoms with Crippen LogP contribution in [0.3, 0.4) is 0 Å². The summed E-state index contributed by atoms with van der Waals surface area (Å²) in [5, 5.41) is 5.92. The van der Waals surface area contributed by atoms with Crippen molar-refractivity contribution >= 4 is 40.3 Å². The van der Waals surface area contributed by atoms with Crippen molar-refractivity contribution in [1.29, 1.82) is 0 Å². The Kier molecular flexibility index (Phi) is 6.72. The zero-order valence-electron chi connectivity index (χ0n) is 19.7. The number of hydrogen-bond acceptors (Lipinski definition) is 8. The van der Waals surface area contributed by atoms with Crippen LogP contribution >= 0.6 is 0 Å². The molecule has 2 N–H and O–H groups in total. The summed E-state index contributed by atoms with van der Waals surface area (Å²) < 4.78 is 12.3. The predicted molar refractivity (Wildman–Crippen MR) is 135 cm³/mol. The number of methoxy groups -OCH3 is 2. The molecule has 0 saturated heterocycles. The summed E-state index contributed by atoms with van der Waals surface area (Å²) in [6.45, 7) is 1.85. The number of ether oxygens (including phenoxy) is 2. The third-order valence-electron chi connectivity index (χ3n) is 5.30. The Balaban J connectivity index is 1.69. The number of allylic oxidation sites excluding steroid dienone is 1. The molecular formula is C25H24N6O4. The SMILES string of the molecule is C/C=C/c1c(OC)c(=O)n(C)c2cnc(Nc3ccc(C(=O)Nc4cccnc4)cc3OC)nc12. The van der Waals surface area contributed by atoms with E-state index in [1.54, 1.807) is 62.0 Å². The fourth-order valence-corrected chi connectivity index (χ4v) is 3.58. The van der Waals surface area contributed by atoms with Crippen molar-refractivity contribution in [2.75, 3.05) is 24.9 Å². The molecule has 0 spiro atoms. The van der Waals surface area contributed by atoms with Gasteiger partial charge in [0, 0.05) is 18.8 Å². The number of hydrogen-bond donors (Lipinski definition) is 2. The molecule has 0 aliphatic carbocycles. The number of benzene rings is 1. The topological polar surface area (TPSA) is 120 Å². The standard InChI is InChI=1S/C25H24N6O4/c1-5-7-17-21-19(31(2)24(33)22(17)35-4)14-27-25(30-21)29-18-10-9-15(12-20(18)34-3)23(32)28-16-8-6-11-26-13-16/h5-14H,1-4H3,(H,28,32)(H,27,29,30)/b7-5+. The fourth-order valence-electron chi connectivity index (χ4n) is 3.58. The first kappa shape index (κ1) is 23.4. The second kappa shape index (κ2) is 10.0. The molecule has 10 nitrogen and oxygen atoms in total. The van der Waals surface area contributed by atoms with Crippen LogP contribution in [0.15, 0.2) is 59.8 Å². The van der Waals surface area contributed by atoms with E-state index in [0.717, 1.165) is 0 Å². The van der Waals surface area contributed by atoms with Crippen molar-refractivity contribution in [2.45, 2.75) is 6.92 Å². The summed E-state index contributed by atoms with van der Waals surface area (Å²) in [4.78, 5) is 38.3. The largest absolute Gasteiger partial charge is 0.495 e. The monoisotopic (exact) mass is 472 g/mol. The Bertz CT molecular complexity index is 1480. The van der Waals surface area contributed by atoms with E-state index < -0.39 is 0 Å². The maximum absolute atomic E-state index is 12.7. The van der Waals surface area contributed by atoms with Crippen molar-refractivity contribution in [3.63, 3.8) is 0 Å². The Morgan fingerprint density at radius 1 is 1.14 bits per heavy atom. The van der Waals surface area contributed by atoms with Gasteiger partial charge in [-0.1, -0.05) is 12.2 Å². The molecule has 3 heterocycles. The van der Waals surface area contributed by atoms with E-state index in [-0.39, 0.29) is 23.2 Å². The van der Waals surface area contributed by atoms with Crippen LogP contribution in [0.5, 0.6) is 11.5 Å². The summed E-state index contributed by atoms with van der Waals surface area (Å²) >= 11 is 0. The van der Waals surface area contributed by atoms with Crippen LogP contribution in [0.1, 0.15) is 22.8 Å². The Morgan fingerprint density at radius 2 is 1.97 bits per heavy atom. The van der Waals surface area contributed by atoms with Crippen LogP contribution in [0, 0.1) is 0 Å². The Morgan fingerprint density at radius 3 is 2.66 bits per heavy atom. The van der Waals surface area contributed by atoms with Crippen LogP contribution in [-0.2, 0) is 7.05 Å². The highest BCUT2D eigenvalue weighted by Gasteiger charge is 2.17. The van der Waals surface area contributed by atoms with Crippen molar-refractivity contribution in [2.24, 2.45) is 7.05 Å². The summed E-state index contributed by atoms with van der Waals surface area (Å²) in [6, 6.07) is 8.48. The van der Waals surface area contributed by atoms with Gasteiger partial charge in [0.1, 0.15) is 11.3 Å². The first-order chi connectivity index (χ1) is 17.0. The van der Waals surface area contributed by atoms with Crippen LogP contribution in [0.25, 0.3) is 17.1 Å². The number of anilines is 3. The second-order valence-electron chi connectivity index (χ2n) is 7.47. The highest BCUT2D eigenvalue weighted by Crippen LogP contribution is 2.30. The van der Waals surface area contributed by atoms with Crippen LogP contribution in [-0.4, -0.2) is 39.6 Å². The van der Waals surface area contributed by atoms with Crippen molar-refractivity contribution in [3.8, 4) is 11.5 Å². The Labute approximate surface area is 201 Å². The molecule has 4 rings (SSSR count). The lowest BCUT2D eigenvalue weighted by molar-refractivity contribution is 0.102. The zero-order valence-corrected chi connectivity index (χ0v) is 19.7. The van der Waals surface area contributed by atoms with E-state index in [1.165, 1.54) is 18.8 Å². The zero-order chi connectivity index (χ0) is 24.9. The molecule has 0 fully saturated rings. The number of pyridine rings is 2. The molecule has 178 valence electrons. The molecule has 35 heavy (non-hydrogen) atoms. The van der Waals surface area contributed by atoms with Gasteiger partial charge < -0.3 is 24.7 Å². The molecule has 0 radical (unpaired) electrons. The molecule has 0 unspecified atom stereocenters. The van der Waals surface area contributed by atoms with Crippen molar-refractivity contribution in [3.05, 3.63) is 76.5 Å². The molecule has 0 aliphatic rings. The average Bonchev–Trinajstić information content (AvgIpc) is 2.88. The lowest BCUT2D eigenvalue weighted by Crippen LogP contribution is -2.21. The molecule has 0 saturated carbocycles. The minimum absolute atomic E-state index is 0.198. The number of fused-ring (bicyclic) bond motifs is 1. The van der Waals surface area contributed by atoms with Gasteiger partial charge in [-0.25, -0.2) is 9.97 Å². The van der Waals surface area contributed by atoms with Gasteiger partial charge in [0.25, 0.3) is 11.5 Å². The quantitative estimate of drug-likeness (QED) is 0.417. The number of nitrogens with one attached hydrogen (secondary N) is 2. The van der Waals surface area contributed by atoms with E-state index in [9.17, 15) is 9.59 Å². The van der Waals surface area contributed by atoms with Gasteiger partial charge in [0.15, 0.2) is 5.75 Å². The fraction of sp³-hybridized carbons (Fsp3) is 0.160. The van der Waals surface area contributed by atoms with E-state index in [2.05, 4.69) is 25.6 Å². The number of rotatable bonds is 7. The predicted octanol–water partition coefficient (Wildman–Crippen LogP) is 3.77. The number of carbonyl (C=O) groups is 1. The maximum Gasteiger partial charge on any atom is 0.293 e. The van der Waals surface area contributed by atoms with Gasteiger partial charge in [-0.15, -0.1) is 0 Å². The lowest BCUT2D eigenvalue weighted by Gasteiger charge is -2.14. The van der Waals surface area contributed by atoms with Gasteiger partial charge in [0.05, 0.1) is 49.1 Å². The van der Waals surface area contributed by atoms with Gasteiger partial charge in [-0.05, 0) is 37.3 Å².